The number of benzene rings is 1. The van der Waals surface area contributed by atoms with Crippen LogP contribution in [0, 0.1) is 11.7 Å². The van der Waals surface area contributed by atoms with Gasteiger partial charge < -0.3 is 0 Å². The normalized spacial score (nSPS) is 11.2. The molecule has 0 unspecified atom stereocenters. The molecule has 0 bridgehead atoms. The lowest BCUT2D eigenvalue weighted by Gasteiger charge is -1.99. The highest BCUT2D eigenvalue weighted by Crippen LogP contribution is 2.17. The van der Waals surface area contributed by atoms with Crippen LogP contribution in [-0.2, 0) is 0 Å². The minimum absolute atomic E-state index is 0.480. The molecule has 2 heterocycles. The van der Waals surface area contributed by atoms with Crippen LogP contribution in [0.15, 0.2) is 47.6 Å². The Morgan fingerprint density at radius 3 is 2.75 bits per heavy atom. The third kappa shape index (κ3) is 2.61. The van der Waals surface area contributed by atoms with Gasteiger partial charge >= 0.3 is 0 Å². The first kappa shape index (κ1) is 13.0. The van der Waals surface area contributed by atoms with Crippen LogP contribution in [0.5, 0.6) is 0 Å². The zero-order valence-electron chi connectivity index (χ0n) is 10.8. The molecular formula is C14H12N4S2. The van der Waals surface area contributed by atoms with E-state index in [9.17, 15) is 0 Å². The molecule has 0 spiro atoms. The number of hydrogen-bond acceptors (Lipinski definition) is 4. The quantitative estimate of drug-likeness (QED) is 0.590. The highest BCUT2D eigenvalue weighted by atomic mass is 32.1. The Labute approximate surface area is 125 Å². The van der Waals surface area contributed by atoms with Crippen molar-refractivity contribution in [3.63, 3.8) is 0 Å². The van der Waals surface area contributed by atoms with Gasteiger partial charge in [0, 0.05) is 15.3 Å². The van der Waals surface area contributed by atoms with Crippen molar-refractivity contribution in [2.75, 3.05) is 0 Å². The van der Waals surface area contributed by atoms with Crippen molar-refractivity contribution in [3.05, 3.63) is 57.0 Å². The predicted molar refractivity (Wildman–Crippen MR) is 84.9 cm³/mol. The number of aryl methyl sites for hydroxylation is 1. The van der Waals surface area contributed by atoms with E-state index in [0.717, 1.165) is 10.4 Å². The van der Waals surface area contributed by atoms with E-state index in [-0.39, 0.29) is 0 Å². The maximum atomic E-state index is 5.23. The summed E-state index contributed by atoms with van der Waals surface area (Å²) >= 11 is 6.92. The number of hydrogen-bond donors (Lipinski definition) is 1. The predicted octanol–water partition coefficient (Wildman–Crippen LogP) is 3.86. The maximum absolute atomic E-state index is 5.23. The molecule has 0 fully saturated rings. The van der Waals surface area contributed by atoms with Crippen LogP contribution in [0.1, 0.15) is 9.75 Å². The minimum atomic E-state index is 0.480. The Hall–Kier alpha value is -2.05. The Morgan fingerprint density at radius 1 is 1.25 bits per heavy atom. The molecule has 6 heteroatoms. The van der Waals surface area contributed by atoms with Crippen molar-refractivity contribution < 1.29 is 0 Å². The average molecular weight is 300 g/mol. The van der Waals surface area contributed by atoms with Crippen LogP contribution in [0.4, 0.5) is 0 Å². The second-order valence-electron chi connectivity index (χ2n) is 4.22. The fourth-order valence-electron chi connectivity index (χ4n) is 1.81. The lowest BCUT2D eigenvalue weighted by atomic mass is 10.2. The van der Waals surface area contributed by atoms with Crippen LogP contribution >= 0.6 is 23.6 Å². The van der Waals surface area contributed by atoms with E-state index < -0.39 is 0 Å². The summed E-state index contributed by atoms with van der Waals surface area (Å²) in [5.74, 6) is 0.708. The summed E-state index contributed by atoms with van der Waals surface area (Å²) in [7, 11) is 0. The van der Waals surface area contributed by atoms with Gasteiger partial charge in [-0.3, -0.25) is 0 Å². The van der Waals surface area contributed by atoms with E-state index in [1.165, 1.54) is 4.88 Å². The average Bonchev–Trinajstić information content (AvgIpc) is 3.04. The smallest absolute Gasteiger partial charge is 0.216 e. The van der Waals surface area contributed by atoms with E-state index in [1.54, 1.807) is 22.2 Å². The highest BCUT2D eigenvalue weighted by Gasteiger charge is 2.07. The third-order valence-electron chi connectivity index (χ3n) is 2.74. The fourth-order valence-corrected chi connectivity index (χ4v) is 2.73. The van der Waals surface area contributed by atoms with Gasteiger partial charge in [-0.25, -0.2) is 5.10 Å². The SMILES string of the molecule is Cc1ccc(C=Nn2c(-c3ccccc3)n[nH]c2=S)s1. The van der Waals surface area contributed by atoms with Crippen molar-refractivity contribution in [2.24, 2.45) is 5.10 Å². The van der Waals surface area contributed by atoms with Gasteiger partial charge in [-0.05, 0) is 31.3 Å². The molecule has 0 atom stereocenters. The number of thiophene rings is 1. The summed E-state index contributed by atoms with van der Waals surface area (Å²) in [6.45, 7) is 2.07. The van der Waals surface area contributed by atoms with Crippen molar-refractivity contribution >= 4 is 29.8 Å². The number of nitrogens with one attached hydrogen (secondary N) is 1. The first-order valence-electron chi connectivity index (χ1n) is 6.08. The van der Waals surface area contributed by atoms with Crippen molar-refractivity contribution in [1.29, 1.82) is 0 Å². The Morgan fingerprint density at radius 2 is 2.05 bits per heavy atom. The Kier molecular flexibility index (Phi) is 3.58. The summed E-state index contributed by atoms with van der Waals surface area (Å²) in [5, 5.41) is 11.5. The monoisotopic (exact) mass is 300 g/mol. The molecule has 3 rings (SSSR count). The summed E-state index contributed by atoms with van der Waals surface area (Å²) in [4.78, 5) is 2.34. The number of aromatic nitrogens is 3. The minimum Gasteiger partial charge on any atom is -0.250 e. The maximum Gasteiger partial charge on any atom is 0.216 e. The Balaban J connectivity index is 2.00. The number of aromatic amines is 1. The van der Waals surface area contributed by atoms with E-state index >= 15 is 0 Å². The van der Waals surface area contributed by atoms with Gasteiger partial charge in [-0.15, -0.1) is 11.3 Å². The molecule has 0 radical (unpaired) electrons. The molecule has 0 aliphatic carbocycles. The molecule has 0 aliphatic rings. The molecule has 20 heavy (non-hydrogen) atoms. The molecule has 0 saturated carbocycles. The van der Waals surface area contributed by atoms with Gasteiger partial charge in [0.2, 0.25) is 4.77 Å². The molecule has 100 valence electrons. The largest absolute Gasteiger partial charge is 0.250 e. The van der Waals surface area contributed by atoms with Crippen LogP contribution < -0.4 is 0 Å². The molecule has 2 aromatic heterocycles. The van der Waals surface area contributed by atoms with E-state index in [4.69, 9.17) is 12.2 Å². The summed E-state index contributed by atoms with van der Waals surface area (Å²) in [6.07, 6.45) is 1.80. The van der Waals surface area contributed by atoms with Crippen LogP contribution in [-0.4, -0.2) is 21.1 Å². The topological polar surface area (TPSA) is 46.0 Å². The Bertz CT molecular complexity index is 796. The number of rotatable bonds is 3. The van der Waals surface area contributed by atoms with Crippen LogP contribution in [0.25, 0.3) is 11.4 Å². The van der Waals surface area contributed by atoms with E-state index in [0.29, 0.717) is 10.6 Å². The van der Waals surface area contributed by atoms with Crippen LogP contribution in [0.2, 0.25) is 0 Å². The summed E-state index contributed by atoms with van der Waals surface area (Å²) in [5.41, 5.74) is 0.972. The van der Waals surface area contributed by atoms with Gasteiger partial charge in [-0.2, -0.15) is 14.9 Å². The second-order valence-corrected chi connectivity index (χ2v) is 5.93. The van der Waals surface area contributed by atoms with Gasteiger partial charge in [0.1, 0.15) is 0 Å². The van der Waals surface area contributed by atoms with Gasteiger partial charge in [0.05, 0.1) is 6.21 Å². The molecule has 1 N–H and O–H groups in total. The first-order chi connectivity index (χ1) is 9.74. The second kappa shape index (κ2) is 5.52. The highest BCUT2D eigenvalue weighted by molar-refractivity contribution is 7.71. The van der Waals surface area contributed by atoms with Crippen LogP contribution in [0.3, 0.4) is 0 Å². The van der Waals surface area contributed by atoms with Crippen molar-refractivity contribution in [1.82, 2.24) is 14.9 Å². The molecule has 4 nitrogen and oxygen atoms in total. The molecule has 0 amide bonds. The fraction of sp³-hybridized carbons (Fsp3) is 0.0714. The molecule has 0 aliphatic heterocycles. The third-order valence-corrected chi connectivity index (χ3v) is 3.94. The van der Waals surface area contributed by atoms with Gasteiger partial charge in [0.15, 0.2) is 5.82 Å². The first-order valence-corrected chi connectivity index (χ1v) is 7.30. The zero-order valence-corrected chi connectivity index (χ0v) is 12.4. The summed E-state index contributed by atoms with van der Waals surface area (Å²) in [6, 6.07) is 14.0. The molecule has 3 aromatic rings. The molecule has 1 aromatic carbocycles. The zero-order chi connectivity index (χ0) is 13.9. The van der Waals surface area contributed by atoms with Crippen molar-refractivity contribution in [3.8, 4) is 11.4 Å². The summed E-state index contributed by atoms with van der Waals surface area (Å²) < 4.78 is 2.12. The number of nitrogens with zero attached hydrogens (tertiary/aromatic N) is 3. The number of H-pyrrole nitrogens is 1. The standard InChI is InChI=1S/C14H12N4S2/c1-10-7-8-12(20-10)9-15-18-13(16-17-14(18)19)11-5-3-2-4-6-11/h2-9H,1H3,(H,17,19). The molecule has 0 saturated heterocycles. The van der Waals surface area contributed by atoms with E-state index in [2.05, 4.69) is 28.3 Å². The molecular weight excluding hydrogens is 288 g/mol. The van der Waals surface area contributed by atoms with Crippen molar-refractivity contribution in [2.45, 2.75) is 6.92 Å². The van der Waals surface area contributed by atoms with E-state index in [1.807, 2.05) is 36.4 Å². The lowest BCUT2D eigenvalue weighted by molar-refractivity contribution is 0.872. The lowest BCUT2D eigenvalue weighted by Crippen LogP contribution is -1.94. The van der Waals surface area contributed by atoms with Gasteiger partial charge in [0.25, 0.3) is 0 Å². The van der Waals surface area contributed by atoms with Gasteiger partial charge in [-0.1, -0.05) is 30.3 Å².